The molecule has 1 fully saturated rings. The lowest BCUT2D eigenvalue weighted by atomic mass is 9.87. The molecular weight excluding hydrogens is 275 g/mol. The van der Waals surface area contributed by atoms with Gasteiger partial charge in [-0.3, -0.25) is 4.79 Å². The zero-order valence-electron chi connectivity index (χ0n) is 12.3. The summed E-state index contributed by atoms with van der Waals surface area (Å²) in [6.45, 7) is 0. The second-order valence-corrected chi connectivity index (χ2v) is 5.45. The Labute approximate surface area is 129 Å². The standard InChI is InChI=1S/C20H17FO/c21-19-12-5-4-9-16(19)14-18-11-6-10-17(20(18)22)13-15-7-2-1-3-8-15/h1-5,7-9,12-14H,6,10-11H2/b17-13+,18-14+. The van der Waals surface area contributed by atoms with Gasteiger partial charge in [-0.15, -0.1) is 0 Å². The summed E-state index contributed by atoms with van der Waals surface area (Å²) in [5, 5.41) is 0. The van der Waals surface area contributed by atoms with Crippen LogP contribution in [0.15, 0.2) is 65.7 Å². The summed E-state index contributed by atoms with van der Waals surface area (Å²) in [4.78, 5) is 12.6. The van der Waals surface area contributed by atoms with Crippen LogP contribution in [0.1, 0.15) is 30.4 Å². The molecule has 0 radical (unpaired) electrons. The van der Waals surface area contributed by atoms with Gasteiger partial charge in [-0.25, -0.2) is 4.39 Å². The third kappa shape index (κ3) is 3.22. The van der Waals surface area contributed by atoms with Gasteiger partial charge in [-0.2, -0.15) is 0 Å². The quantitative estimate of drug-likeness (QED) is 0.708. The zero-order chi connectivity index (χ0) is 15.4. The average molecular weight is 292 g/mol. The lowest BCUT2D eigenvalue weighted by Gasteiger charge is -2.16. The summed E-state index contributed by atoms with van der Waals surface area (Å²) in [5.41, 5.74) is 3.00. The van der Waals surface area contributed by atoms with Crippen LogP contribution in [0.5, 0.6) is 0 Å². The molecule has 1 aliphatic rings. The van der Waals surface area contributed by atoms with Gasteiger partial charge in [0.05, 0.1) is 0 Å². The van der Waals surface area contributed by atoms with Crippen LogP contribution < -0.4 is 0 Å². The van der Waals surface area contributed by atoms with E-state index in [0.29, 0.717) is 17.6 Å². The molecule has 22 heavy (non-hydrogen) atoms. The van der Waals surface area contributed by atoms with Gasteiger partial charge in [-0.05, 0) is 43.0 Å². The minimum absolute atomic E-state index is 0.0401. The Balaban J connectivity index is 1.90. The molecule has 0 heterocycles. The Kier molecular flexibility index (Phi) is 4.29. The van der Waals surface area contributed by atoms with Crippen LogP contribution in [0.4, 0.5) is 4.39 Å². The fourth-order valence-electron chi connectivity index (χ4n) is 2.71. The zero-order valence-corrected chi connectivity index (χ0v) is 12.3. The molecule has 1 saturated carbocycles. The van der Waals surface area contributed by atoms with Crippen molar-refractivity contribution < 1.29 is 9.18 Å². The summed E-state index contributed by atoms with van der Waals surface area (Å²) in [6.07, 6.45) is 6.04. The van der Waals surface area contributed by atoms with Crippen molar-refractivity contribution in [3.8, 4) is 0 Å². The number of carbonyl (C=O) groups excluding carboxylic acids is 1. The van der Waals surface area contributed by atoms with Gasteiger partial charge in [0.25, 0.3) is 0 Å². The van der Waals surface area contributed by atoms with Crippen molar-refractivity contribution in [2.24, 2.45) is 0 Å². The van der Waals surface area contributed by atoms with Crippen molar-refractivity contribution in [1.82, 2.24) is 0 Å². The molecular formula is C20H17FO. The van der Waals surface area contributed by atoms with Crippen LogP contribution in [0.2, 0.25) is 0 Å². The Morgan fingerprint density at radius 2 is 1.45 bits per heavy atom. The summed E-state index contributed by atoms with van der Waals surface area (Å²) in [6, 6.07) is 16.4. The fourth-order valence-corrected chi connectivity index (χ4v) is 2.71. The topological polar surface area (TPSA) is 17.1 Å². The second kappa shape index (κ2) is 6.52. The molecule has 0 saturated heterocycles. The first-order valence-corrected chi connectivity index (χ1v) is 7.49. The molecule has 2 aromatic rings. The van der Waals surface area contributed by atoms with E-state index in [9.17, 15) is 9.18 Å². The summed E-state index contributed by atoms with van der Waals surface area (Å²) in [7, 11) is 0. The van der Waals surface area contributed by atoms with Crippen LogP contribution in [0.3, 0.4) is 0 Å². The lowest BCUT2D eigenvalue weighted by molar-refractivity contribution is -0.112. The van der Waals surface area contributed by atoms with Gasteiger partial charge in [0.1, 0.15) is 5.82 Å². The van der Waals surface area contributed by atoms with E-state index in [0.717, 1.165) is 24.0 Å². The highest BCUT2D eigenvalue weighted by Gasteiger charge is 2.20. The molecule has 2 aromatic carbocycles. The number of halogens is 1. The number of hydrogen-bond donors (Lipinski definition) is 0. The third-order valence-electron chi connectivity index (χ3n) is 3.85. The maximum atomic E-state index is 13.7. The van der Waals surface area contributed by atoms with Gasteiger partial charge < -0.3 is 0 Å². The molecule has 0 bridgehead atoms. The fraction of sp³-hybridized carbons (Fsp3) is 0.150. The molecule has 0 spiro atoms. The highest BCUT2D eigenvalue weighted by atomic mass is 19.1. The minimum Gasteiger partial charge on any atom is -0.289 e. The predicted octanol–water partition coefficient (Wildman–Crippen LogP) is 5.05. The summed E-state index contributed by atoms with van der Waals surface area (Å²) >= 11 is 0. The molecule has 1 aliphatic carbocycles. The average Bonchev–Trinajstić information content (AvgIpc) is 2.54. The number of Topliss-reactive ketones (excluding diaryl/α,β-unsaturated/α-hetero) is 1. The first-order valence-electron chi connectivity index (χ1n) is 7.49. The van der Waals surface area contributed by atoms with Gasteiger partial charge in [-0.1, -0.05) is 48.5 Å². The van der Waals surface area contributed by atoms with Crippen LogP contribution in [0.25, 0.3) is 12.2 Å². The van der Waals surface area contributed by atoms with E-state index in [1.165, 1.54) is 6.07 Å². The number of rotatable bonds is 2. The second-order valence-electron chi connectivity index (χ2n) is 5.45. The third-order valence-corrected chi connectivity index (χ3v) is 3.85. The SMILES string of the molecule is O=C1/C(=C/c2ccccc2)CCC/C1=C\c1ccccc1F. The first-order chi connectivity index (χ1) is 10.7. The number of allylic oxidation sites excluding steroid dienone is 2. The number of hydrogen-bond acceptors (Lipinski definition) is 1. The van der Waals surface area contributed by atoms with Crippen molar-refractivity contribution in [1.29, 1.82) is 0 Å². The molecule has 0 aromatic heterocycles. The normalized spacial score (nSPS) is 18.9. The van der Waals surface area contributed by atoms with E-state index in [2.05, 4.69) is 0 Å². The molecule has 3 rings (SSSR count). The van der Waals surface area contributed by atoms with E-state index in [1.807, 2.05) is 36.4 Å². The highest BCUT2D eigenvalue weighted by molar-refractivity contribution is 6.13. The monoisotopic (exact) mass is 292 g/mol. The Morgan fingerprint density at radius 1 is 0.818 bits per heavy atom. The smallest absolute Gasteiger partial charge is 0.185 e. The maximum Gasteiger partial charge on any atom is 0.185 e. The molecule has 110 valence electrons. The van der Waals surface area contributed by atoms with E-state index in [1.54, 1.807) is 24.3 Å². The van der Waals surface area contributed by atoms with Crippen LogP contribution in [-0.2, 0) is 4.79 Å². The van der Waals surface area contributed by atoms with E-state index >= 15 is 0 Å². The first kappa shape index (κ1) is 14.5. The Hall–Kier alpha value is -2.48. The molecule has 1 nitrogen and oxygen atoms in total. The van der Waals surface area contributed by atoms with Crippen LogP contribution in [0, 0.1) is 5.82 Å². The Morgan fingerprint density at radius 3 is 2.18 bits per heavy atom. The molecule has 0 aliphatic heterocycles. The Bertz CT molecular complexity index is 741. The number of ketones is 1. The molecule has 0 N–H and O–H groups in total. The molecule has 0 atom stereocenters. The van der Waals surface area contributed by atoms with Crippen molar-refractivity contribution >= 4 is 17.9 Å². The van der Waals surface area contributed by atoms with Crippen LogP contribution >= 0.6 is 0 Å². The predicted molar refractivity (Wildman–Crippen MR) is 87.7 cm³/mol. The van der Waals surface area contributed by atoms with Gasteiger partial charge in [0.15, 0.2) is 5.78 Å². The molecule has 0 unspecified atom stereocenters. The van der Waals surface area contributed by atoms with Gasteiger partial charge in [0, 0.05) is 16.7 Å². The largest absolute Gasteiger partial charge is 0.289 e. The van der Waals surface area contributed by atoms with Crippen molar-refractivity contribution in [3.05, 3.63) is 82.7 Å². The summed E-state index contributed by atoms with van der Waals surface area (Å²) in [5.74, 6) is -0.250. The highest BCUT2D eigenvalue weighted by Crippen LogP contribution is 2.28. The van der Waals surface area contributed by atoms with E-state index < -0.39 is 0 Å². The van der Waals surface area contributed by atoms with E-state index in [4.69, 9.17) is 0 Å². The summed E-state index contributed by atoms with van der Waals surface area (Å²) < 4.78 is 13.7. The van der Waals surface area contributed by atoms with Gasteiger partial charge >= 0.3 is 0 Å². The molecule has 2 heteroatoms. The van der Waals surface area contributed by atoms with Crippen LogP contribution in [-0.4, -0.2) is 5.78 Å². The van der Waals surface area contributed by atoms with Gasteiger partial charge in [0.2, 0.25) is 0 Å². The van der Waals surface area contributed by atoms with Crippen molar-refractivity contribution in [3.63, 3.8) is 0 Å². The van der Waals surface area contributed by atoms with Crippen molar-refractivity contribution in [2.45, 2.75) is 19.3 Å². The lowest BCUT2D eigenvalue weighted by Crippen LogP contribution is -2.12. The van der Waals surface area contributed by atoms with Crippen molar-refractivity contribution in [2.75, 3.05) is 0 Å². The molecule has 0 amide bonds. The number of carbonyl (C=O) groups is 1. The maximum absolute atomic E-state index is 13.7. The van der Waals surface area contributed by atoms with E-state index in [-0.39, 0.29) is 11.6 Å². The number of benzene rings is 2. The minimum atomic E-state index is -0.290.